The first-order valence-corrected chi connectivity index (χ1v) is 5.07. The van der Waals surface area contributed by atoms with Gasteiger partial charge in [-0.3, -0.25) is 0 Å². The number of benzene rings is 1. The van der Waals surface area contributed by atoms with Crippen molar-refractivity contribution in [2.45, 2.75) is 0 Å². The summed E-state index contributed by atoms with van der Waals surface area (Å²) in [6, 6.07) is 3.80. The van der Waals surface area contributed by atoms with Crippen LogP contribution in [0.4, 0.5) is 27.6 Å². The maximum Gasteiger partial charge on any atom is 0.200 e. The van der Waals surface area contributed by atoms with E-state index in [1.807, 2.05) is 0 Å². The van der Waals surface area contributed by atoms with Crippen LogP contribution in [0.15, 0.2) is 12.1 Å². The highest BCUT2D eigenvalue weighted by atomic mass is 19.2. The molecule has 0 atom stereocenters. The number of anilines is 1. The number of nitrogens with zero attached hydrogens (tertiary/aromatic N) is 2. The fourth-order valence-electron chi connectivity index (χ4n) is 1.55. The molecule has 2 aromatic rings. The first kappa shape index (κ1) is 13.7. The lowest BCUT2D eigenvalue weighted by molar-refractivity contribution is 0.381. The van der Waals surface area contributed by atoms with Crippen LogP contribution >= 0.6 is 0 Å². The highest BCUT2D eigenvalue weighted by molar-refractivity contribution is 5.74. The standard InChI is InChI=1S/C12H4F5N3/c13-7-6(8(14)10(16)11(17)9(7)15)12-5(19)2-1-4(3-18)20-12/h1-2H,19H2. The number of nitrogen functional groups attached to an aromatic ring is 1. The molecule has 1 aromatic carbocycles. The molecule has 8 heteroatoms. The van der Waals surface area contributed by atoms with Gasteiger partial charge in [-0.1, -0.05) is 0 Å². The fourth-order valence-corrected chi connectivity index (χ4v) is 1.55. The van der Waals surface area contributed by atoms with Crippen molar-refractivity contribution in [2.24, 2.45) is 0 Å². The quantitative estimate of drug-likeness (QED) is 0.498. The minimum absolute atomic E-state index is 0.279. The number of rotatable bonds is 1. The van der Waals surface area contributed by atoms with Gasteiger partial charge in [0.05, 0.1) is 11.3 Å². The molecule has 102 valence electrons. The van der Waals surface area contributed by atoms with Gasteiger partial charge in [0, 0.05) is 0 Å². The maximum atomic E-state index is 13.6. The topological polar surface area (TPSA) is 62.7 Å². The summed E-state index contributed by atoms with van der Waals surface area (Å²) in [5.74, 6) is -10.6. The molecule has 0 saturated carbocycles. The molecule has 2 N–H and O–H groups in total. The molecule has 0 radical (unpaired) electrons. The van der Waals surface area contributed by atoms with Gasteiger partial charge in [-0.15, -0.1) is 0 Å². The third kappa shape index (κ3) is 1.93. The molecule has 1 heterocycles. The van der Waals surface area contributed by atoms with Crippen molar-refractivity contribution in [3.63, 3.8) is 0 Å². The lowest BCUT2D eigenvalue weighted by atomic mass is 10.1. The van der Waals surface area contributed by atoms with E-state index in [0.717, 1.165) is 12.1 Å². The van der Waals surface area contributed by atoms with Crippen LogP contribution in [0.3, 0.4) is 0 Å². The van der Waals surface area contributed by atoms with Gasteiger partial charge in [-0.25, -0.2) is 26.9 Å². The van der Waals surface area contributed by atoms with Gasteiger partial charge >= 0.3 is 0 Å². The SMILES string of the molecule is N#Cc1ccc(N)c(-c2c(F)c(F)c(F)c(F)c2F)n1. The largest absolute Gasteiger partial charge is 0.397 e. The number of nitriles is 1. The average Bonchev–Trinajstić information content (AvgIpc) is 2.45. The molecular weight excluding hydrogens is 281 g/mol. The van der Waals surface area contributed by atoms with Gasteiger partial charge in [0.1, 0.15) is 17.5 Å². The number of nitrogens with two attached hydrogens (primary N) is 1. The van der Waals surface area contributed by atoms with E-state index in [1.54, 1.807) is 6.07 Å². The summed E-state index contributed by atoms with van der Waals surface area (Å²) >= 11 is 0. The lowest BCUT2D eigenvalue weighted by Crippen LogP contribution is -2.07. The van der Waals surface area contributed by atoms with E-state index < -0.39 is 40.3 Å². The fraction of sp³-hybridized carbons (Fsp3) is 0. The van der Waals surface area contributed by atoms with E-state index in [2.05, 4.69) is 4.98 Å². The van der Waals surface area contributed by atoms with Gasteiger partial charge in [0.25, 0.3) is 0 Å². The molecular formula is C12H4F5N3. The van der Waals surface area contributed by atoms with Gasteiger partial charge < -0.3 is 5.73 Å². The van der Waals surface area contributed by atoms with Crippen molar-refractivity contribution in [1.82, 2.24) is 4.98 Å². The Labute approximate surface area is 109 Å². The molecule has 20 heavy (non-hydrogen) atoms. The summed E-state index contributed by atoms with van der Waals surface area (Å²) in [5.41, 5.74) is 2.85. The van der Waals surface area contributed by atoms with Crippen LogP contribution < -0.4 is 5.73 Å². The molecule has 0 aliphatic heterocycles. The maximum absolute atomic E-state index is 13.6. The monoisotopic (exact) mass is 285 g/mol. The van der Waals surface area contributed by atoms with E-state index in [-0.39, 0.29) is 11.4 Å². The summed E-state index contributed by atoms with van der Waals surface area (Å²) in [7, 11) is 0. The highest BCUT2D eigenvalue weighted by Crippen LogP contribution is 2.33. The van der Waals surface area contributed by atoms with Gasteiger partial charge in [0.15, 0.2) is 23.3 Å². The van der Waals surface area contributed by atoms with Crippen molar-refractivity contribution in [3.8, 4) is 17.3 Å². The predicted octanol–water partition coefficient (Wildman–Crippen LogP) is 2.90. The third-order valence-corrected chi connectivity index (χ3v) is 2.49. The van der Waals surface area contributed by atoms with E-state index >= 15 is 0 Å². The highest BCUT2D eigenvalue weighted by Gasteiger charge is 2.28. The number of aromatic nitrogens is 1. The normalized spacial score (nSPS) is 10.4. The zero-order valence-corrected chi connectivity index (χ0v) is 9.52. The summed E-state index contributed by atoms with van der Waals surface area (Å²) in [4.78, 5) is 3.47. The molecule has 3 nitrogen and oxygen atoms in total. The molecule has 0 saturated heterocycles. The molecule has 1 aromatic heterocycles. The molecule has 0 amide bonds. The van der Waals surface area contributed by atoms with Gasteiger partial charge in [-0.05, 0) is 12.1 Å². The lowest BCUT2D eigenvalue weighted by Gasteiger charge is -2.09. The Hall–Kier alpha value is -2.69. The first-order chi connectivity index (χ1) is 9.38. The molecule has 0 fully saturated rings. The second-order valence-electron chi connectivity index (χ2n) is 3.69. The summed E-state index contributed by atoms with van der Waals surface area (Å²) in [5, 5.41) is 8.64. The van der Waals surface area contributed by atoms with Gasteiger partial charge in [0.2, 0.25) is 5.82 Å². The van der Waals surface area contributed by atoms with Crippen LogP contribution in [0.1, 0.15) is 5.69 Å². The molecule has 0 aliphatic rings. The van der Waals surface area contributed by atoms with Crippen LogP contribution in [-0.4, -0.2) is 4.98 Å². The summed E-state index contributed by atoms with van der Waals surface area (Å²) < 4.78 is 66.4. The Morgan fingerprint density at radius 2 is 1.40 bits per heavy atom. The molecule has 0 bridgehead atoms. The second kappa shape index (κ2) is 4.77. The Balaban J connectivity index is 2.87. The van der Waals surface area contributed by atoms with Crippen molar-refractivity contribution >= 4 is 5.69 Å². The molecule has 0 spiro atoms. The summed E-state index contributed by atoms with van der Waals surface area (Å²) in [6.45, 7) is 0. The van der Waals surface area contributed by atoms with Crippen LogP contribution in [0.25, 0.3) is 11.3 Å². The van der Waals surface area contributed by atoms with E-state index in [1.165, 1.54) is 0 Å². The van der Waals surface area contributed by atoms with Crippen molar-refractivity contribution < 1.29 is 22.0 Å². The molecule has 0 aliphatic carbocycles. The van der Waals surface area contributed by atoms with Crippen molar-refractivity contribution in [1.29, 1.82) is 5.26 Å². The predicted molar refractivity (Wildman–Crippen MR) is 58.6 cm³/mol. The zero-order chi connectivity index (χ0) is 15.0. The second-order valence-corrected chi connectivity index (χ2v) is 3.69. The molecule has 2 rings (SSSR count). The van der Waals surface area contributed by atoms with Crippen LogP contribution in [0, 0.1) is 40.4 Å². The van der Waals surface area contributed by atoms with Crippen LogP contribution in [0.5, 0.6) is 0 Å². The minimum atomic E-state index is -2.28. The number of hydrogen-bond donors (Lipinski definition) is 1. The van der Waals surface area contributed by atoms with Crippen molar-refractivity contribution in [2.75, 3.05) is 5.73 Å². The average molecular weight is 285 g/mol. The summed E-state index contributed by atoms with van der Waals surface area (Å²) in [6.07, 6.45) is 0. The molecule has 0 unspecified atom stereocenters. The Kier molecular flexibility index (Phi) is 3.28. The minimum Gasteiger partial charge on any atom is -0.397 e. The number of halogens is 5. The Morgan fingerprint density at radius 1 is 0.900 bits per heavy atom. The smallest absolute Gasteiger partial charge is 0.200 e. The van der Waals surface area contributed by atoms with E-state index in [9.17, 15) is 22.0 Å². The van der Waals surface area contributed by atoms with Crippen molar-refractivity contribution in [3.05, 3.63) is 46.9 Å². The van der Waals surface area contributed by atoms with E-state index in [4.69, 9.17) is 11.0 Å². The van der Waals surface area contributed by atoms with Crippen LogP contribution in [0.2, 0.25) is 0 Å². The number of pyridine rings is 1. The Bertz CT molecular complexity index is 723. The first-order valence-electron chi connectivity index (χ1n) is 5.07. The third-order valence-electron chi connectivity index (χ3n) is 2.49. The Morgan fingerprint density at radius 3 is 1.90 bits per heavy atom. The van der Waals surface area contributed by atoms with Gasteiger partial charge in [-0.2, -0.15) is 5.26 Å². The number of hydrogen-bond acceptors (Lipinski definition) is 3. The van der Waals surface area contributed by atoms with E-state index in [0.29, 0.717) is 0 Å². The zero-order valence-electron chi connectivity index (χ0n) is 9.52. The van der Waals surface area contributed by atoms with Crippen LogP contribution in [-0.2, 0) is 0 Å².